The molecule has 2 N–H and O–H groups in total. The number of aliphatic imine (C=N–C) groups is 2. The molecule has 0 aromatic heterocycles. The molecule has 0 bridgehead atoms. The minimum Gasteiger partial charge on any atom is -0.489 e. The van der Waals surface area contributed by atoms with E-state index < -0.39 is 0 Å². The average Bonchev–Trinajstić information content (AvgIpc) is 3.11. The van der Waals surface area contributed by atoms with Crippen LogP contribution < -0.4 is 0 Å². The van der Waals surface area contributed by atoms with Crippen LogP contribution >= 0.6 is 0 Å². The van der Waals surface area contributed by atoms with E-state index in [0.29, 0.717) is 25.2 Å². The maximum atomic E-state index is 10.2. The fraction of sp³-hybridized carbons (Fsp3) is 0.200. The summed E-state index contributed by atoms with van der Waals surface area (Å²) in [6.07, 6.45) is 1.12. The fourth-order valence-electron chi connectivity index (χ4n) is 2.56. The smallest absolute Gasteiger partial charge is 0.278 e. The summed E-state index contributed by atoms with van der Waals surface area (Å²) in [6.45, 7) is 0.0871. The van der Waals surface area contributed by atoms with Crippen LogP contribution in [0.15, 0.2) is 82.4 Å². The molecule has 0 unspecified atom stereocenters. The molecule has 0 fully saturated rings. The lowest BCUT2D eigenvalue weighted by Gasteiger charge is -2.04. The van der Waals surface area contributed by atoms with E-state index in [-0.39, 0.29) is 18.4 Å². The number of hydrogen-bond acceptors (Lipinski definition) is 5. The van der Waals surface area contributed by atoms with E-state index in [4.69, 9.17) is 4.74 Å². The number of benzene rings is 2. The molecule has 5 nitrogen and oxygen atoms in total. The molecule has 5 heteroatoms. The van der Waals surface area contributed by atoms with Gasteiger partial charge in [-0.05, 0) is 11.1 Å². The van der Waals surface area contributed by atoms with Gasteiger partial charge in [-0.15, -0.1) is 0 Å². The summed E-state index contributed by atoms with van der Waals surface area (Å²) in [7, 11) is 0. The highest BCUT2D eigenvalue weighted by atomic mass is 16.5. The average molecular weight is 336 g/mol. The lowest BCUT2D eigenvalue weighted by atomic mass is 10.1. The molecule has 0 atom stereocenters. The van der Waals surface area contributed by atoms with E-state index in [0.717, 1.165) is 16.8 Å². The Balaban J connectivity index is 1.72. The van der Waals surface area contributed by atoms with Gasteiger partial charge in [-0.2, -0.15) is 0 Å². The molecular weight excluding hydrogens is 316 g/mol. The van der Waals surface area contributed by atoms with Gasteiger partial charge in [0.25, 0.3) is 11.8 Å². The topological polar surface area (TPSA) is 74.4 Å². The van der Waals surface area contributed by atoms with Gasteiger partial charge in [0.2, 0.25) is 0 Å². The molecule has 1 heterocycles. The van der Waals surface area contributed by atoms with Crippen molar-refractivity contribution in [1.29, 1.82) is 0 Å². The maximum Gasteiger partial charge on any atom is 0.278 e. The number of ether oxygens (including phenoxy) is 1. The second-order valence-corrected chi connectivity index (χ2v) is 5.76. The zero-order chi connectivity index (χ0) is 17.5. The number of rotatable bonds is 6. The zero-order valence-electron chi connectivity index (χ0n) is 13.8. The van der Waals surface area contributed by atoms with E-state index in [1.54, 1.807) is 0 Å². The Morgan fingerprint density at radius 2 is 1.64 bits per heavy atom. The van der Waals surface area contributed by atoms with Crippen molar-refractivity contribution in [2.45, 2.75) is 12.8 Å². The summed E-state index contributed by atoms with van der Waals surface area (Å²) in [5.41, 5.74) is 3.42. The van der Waals surface area contributed by atoms with E-state index in [9.17, 15) is 10.2 Å². The van der Waals surface area contributed by atoms with Gasteiger partial charge >= 0.3 is 0 Å². The van der Waals surface area contributed by atoms with E-state index >= 15 is 0 Å². The molecule has 1 aliphatic heterocycles. The van der Waals surface area contributed by atoms with Crippen molar-refractivity contribution < 1.29 is 14.9 Å². The second kappa shape index (κ2) is 8.26. The van der Waals surface area contributed by atoms with Crippen LogP contribution in [-0.2, 0) is 17.6 Å². The molecule has 0 amide bonds. The van der Waals surface area contributed by atoms with Crippen molar-refractivity contribution in [3.05, 3.63) is 83.6 Å². The Bertz CT molecular complexity index is 796. The predicted molar refractivity (Wildman–Crippen MR) is 97.9 cm³/mol. The van der Waals surface area contributed by atoms with E-state index in [1.807, 2.05) is 60.7 Å². The predicted octanol–water partition coefficient (Wildman–Crippen LogP) is 3.06. The summed E-state index contributed by atoms with van der Waals surface area (Å²) in [4.78, 5) is 8.40. The largest absolute Gasteiger partial charge is 0.489 e. The Kier molecular flexibility index (Phi) is 5.59. The van der Waals surface area contributed by atoms with Crippen molar-refractivity contribution in [3.8, 4) is 0 Å². The van der Waals surface area contributed by atoms with E-state index in [2.05, 4.69) is 9.98 Å². The quantitative estimate of drug-likeness (QED) is 0.629. The number of aliphatic hydroxyl groups excluding tert-OH is 2. The number of aliphatic hydroxyl groups is 2. The molecule has 0 spiro atoms. The highest BCUT2D eigenvalue weighted by molar-refractivity contribution is 5.90. The van der Waals surface area contributed by atoms with Crippen molar-refractivity contribution in [2.75, 3.05) is 13.2 Å². The Labute approximate surface area is 146 Å². The first-order valence-corrected chi connectivity index (χ1v) is 8.12. The summed E-state index contributed by atoms with van der Waals surface area (Å²) in [5.74, 6) is -0.201. The van der Waals surface area contributed by atoms with E-state index in [1.165, 1.54) is 0 Å². The Morgan fingerprint density at radius 1 is 1.00 bits per heavy atom. The third-order valence-corrected chi connectivity index (χ3v) is 3.77. The minimum atomic E-state index is -0.303. The molecular formula is C20H20N2O3. The normalized spacial score (nSPS) is 16.4. The third kappa shape index (κ3) is 4.78. The first-order chi connectivity index (χ1) is 12.2. The molecule has 0 aliphatic carbocycles. The van der Waals surface area contributed by atoms with Crippen LogP contribution in [0.2, 0.25) is 0 Å². The van der Waals surface area contributed by atoms with Gasteiger partial charge in [-0.3, -0.25) is 0 Å². The van der Waals surface area contributed by atoms with Crippen molar-refractivity contribution >= 4 is 11.4 Å². The molecule has 1 aliphatic rings. The molecule has 2 aromatic carbocycles. The van der Waals surface area contributed by atoms with Crippen LogP contribution in [0.5, 0.6) is 0 Å². The highest BCUT2D eigenvalue weighted by Crippen LogP contribution is 2.17. The molecule has 3 rings (SSSR count). The zero-order valence-corrected chi connectivity index (χ0v) is 13.8. The maximum absolute atomic E-state index is 10.2. The SMILES string of the molecule is OCC(Cc1ccccc1)=N/C(O)=C1/N=C(Cc2ccccc2)CO1. The van der Waals surface area contributed by atoms with Gasteiger partial charge in [0.15, 0.2) is 0 Å². The molecule has 0 saturated heterocycles. The summed E-state index contributed by atoms with van der Waals surface area (Å²) >= 11 is 0. The van der Waals surface area contributed by atoms with Crippen LogP contribution in [-0.4, -0.2) is 34.9 Å². The molecule has 0 radical (unpaired) electrons. The summed E-state index contributed by atoms with van der Waals surface area (Å²) < 4.78 is 5.43. The van der Waals surface area contributed by atoms with Gasteiger partial charge < -0.3 is 14.9 Å². The van der Waals surface area contributed by atoms with Crippen LogP contribution in [0, 0.1) is 0 Å². The van der Waals surface area contributed by atoms with Crippen LogP contribution in [0.1, 0.15) is 11.1 Å². The van der Waals surface area contributed by atoms with Gasteiger partial charge in [0, 0.05) is 12.8 Å². The molecule has 128 valence electrons. The van der Waals surface area contributed by atoms with Crippen LogP contribution in [0.25, 0.3) is 0 Å². The van der Waals surface area contributed by atoms with Gasteiger partial charge in [-0.25, -0.2) is 9.98 Å². The monoisotopic (exact) mass is 336 g/mol. The Hall–Kier alpha value is -2.92. The summed E-state index contributed by atoms with van der Waals surface area (Å²) in [5, 5.41) is 19.6. The van der Waals surface area contributed by atoms with Crippen molar-refractivity contribution in [2.24, 2.45) is 9.98 Å². The minimum absolute atomic E-state index is 0.102. The first-order valence-electron chi connectivity index (χ1n) is 8.12. The van der Waals surface area contributed by atoms with Crippen molar-refractivity contribution in [1.82, 2.24) is 0 Å². The van der Waals surface area contributed by atoms with Gasteiger partial charge in [0.05, 0.1) is 18.0 Å². The van der Waals surface area contributed by atoms with Crippen LogP contribution in [0.4, 0.5) is 0 Å². The Morgan fingerprint density at radius 3 is 2.28 bits per heavy atom. The number of nitrogens with zero attached hydrogens (tertiary/aromatic N) is 2. The lowest BCUT2D eigenvalue weighted by Crippen LogP contribution is -2.09. The van der Waals surface area contributed by atoms with Gasteiger partial charge in [0.1, 0.15) is 6.61 Å². The first kappa shape index (κ1) is 16.9. The summed E-state index contributed by atoms with van der Waals surface area (Å²) in [6, 6.07) is 19.6. The molecule has 0 saturated carbocycles. The van der Waals surface area contributed by atoms with Gasteiger partial charge in [-0.1, -0.05) is 60.7 Å². The molecule has 25 heavy (non-hydrogen) atoms. The third-order valence-electron chi connectivity index (χ3n) is 3.77. The van der Waals surface area contributed by atoms with Crippen molar-refractivity contribution in [3.63, 3.8) is 0 Å². The lowest BCUT2D eigenvalue weighted by molar-refractivity contribution is 0.242. The number of hydrogen-bond donors (Lipinski definition) is 2. The highest BCUT2D eigenvalue weighted by Gasteiger charge is 2.17. The standard InChI is InChI=1S/C20H20N2O3/c23-13-17(11-15-7-3-1-4-8-15)21-19(24)20-22-18(14-25-20)12-16-9-5-2-6-10-16/h1-10,23-24H,11-14H2/b20-19+,21-17?. The molecule has 2 aromatic rings. The second-order valence-electron chi connectivity index (χ2n) is 5.76. The fourth-order valence-corrected chi connectivity index (χ4v) is 2.56. The van der Waals surface area contributed by atoms with Crippen LogP contribution in [0.3, 0.4) is 0 Å².